The number of hydrogen-bond acceptors (Lipinski definition) is 3. The first-order valence-corrected chi connectivity index (χ1v) is 7.36. The Labute approximate surface area is 120 Å². The lowest BCUT2D eigenvalue weighted by atomic mass is 10.1. The molecule has 1 aromatic carbocycles. The van der Waals surface area contributed by atoms with Gasteiger partial charge in [-0.1, -0.05) is 38.9 Å². The van der Waals surface area contributed by atoms with Crippen molar-refractivity contribution < 1.29 is 9.47 Å². The smallest absolute Gasteiger partial charge is 0.231 e. The Balaban J connectivity index is 2.02. The third kappa shape index (κ3) is 3.60. The minimum absolute atomic E-state index is 0.299. The summed E-state index contributed by atoms with van der Waals surface area (Å²) in [6.07, 6.45) is 4.64. The molecule has 0 spiro atoms. The predicted octanol–water partition coefficient (Wildman–Crippen LogP) is 3.65. The average molecular weight is 279 g/mol. The van der Waals surface area contributed by atoms with Gasteiger partial charge in [0, 0.05) is 11.6 Å². The van der Waals surface area contributed by atoms with E-state index in [1.165, 1.54) is 12.8 Å². The first kappa shape index (κ1) is 14.1. The van der Waals surface area contributed by atoms with E-state index >= 15 is 0 Å². The van der Waals surface area contributed by atoms with Crippen molar-refractivity contribution in [2.45, 2.75) is 45.6 Å². The molecule has 1 aliphatic heterocycles. The lowest BCUT2D eigenvalue weighted by Gasteiger charge is -2.19. The lowest BCUT2D eigenvalue weighted by molar-refractivity contribution is 0.174. The van der Waals surface area contributed by atoms with E-state index in [1.807, 2.05) is 18.2 Å². The second kappa shape index (κ2) is 6.75. The molecule has 0 atom stereocenters. The van der Waals surface area contributed by atoms with Crippen LogP contribution in [0, 0.1) is 0 Å². The van der Waals surface area contributed by atoms with Crippen LogP contribution in [0.25, 0.3) is 0 Å². The molecule has 19 heavy (non-hydrogen) atoms. The third-order valence-corrected chi connectivity index (χ3v) is 3.60. The Kier molecular flexibility index (Phi) is 5.02. The fourth-order valence-electron chi connectivity index (χ4n) is 2.29. The van der Waals surface area contributed by atoms with Crippen LogP contribution in [0.3, 0.4) is 0 Å². The van der Waals surface area contributed by atoms with Crippen LogP contribution >= 0.6 is 12.2 Å². The van der Waals surface area contributed by atoms with Gasteiger partial charge in [-0.3, -0.25) is 0 Å². The molecule has 0 amide bonds. The Morgan fingerprint density at radius 3 is 2.58 bits per heavy atom. The van der Waals surface area contributed by atoms with Crippen molar-refractivity contribution in [3.05, 3.63) is 23.8 Å². The van der Waals surface area contributed by atoms with E-state index in [2.05, 4.69) is 19.2 Å². The van der Waals surface area contributed by atoms with Crippen LogP contribution in [-0.4, -0.2) is 17.8 Å². The van der Waals surface area contributed by atoms with Gasteiger partial charge in [0.2, 0.25) is 6.79 Å². The molecule has 0 aliphatic carbocycles. The fourth-order valence-corrected chi connectivity index (χ4v) is 2.59. The Morgan fingerprint density at radius 1 is 1.21 bits per heavy atom. The molecule has 1 aromatic rings. The first-order valence-electron chi connectivity index (χ1n) is 6.95. The second-order valence-electron chi connectivity index (χ2n) is 4.82. The van der Waals surface area contributed by atoms with Crippen molar-refractivity contribution in [3.63, 3.8) is 0 Å². The SMILES string of the molecule is CCCC(CCC)NC(=S)c1ccc2c(c1)OCO2. The summed E-state index contributed by atoms with van der Waals surface area (Å²) in [5.41, 5.74) is 0.997. The number of nitrogens with one attached hydrogen (secondary N) is 1. The number of hydrogen-bond donors (Lipinski definition) is 1. The average Bonchev–Trinajstić information content (AvgIpc) is 2.86. The standard InChI is InChI=1S/C15H21NO2S/c1-3-5-12(6-4-2)16-15(19)11-7-8-13-14(9-11)18-10-17-13/h7-9,12H,3-6,10H2,1-2H3,(H,16,19). The summed E-state index contributed by atoms with van der Waals surface area (Å²) in [5, 5.41) is 3.46. The normalized spacial score (nSPS) is 12.8. The third-order valence-electron chi connectivity index (χ3n) is 3.24. The zero-order valence-corrected chi connectivity index (χ0v) is 12.4. The molecule has 0 fully saturated rings. The number of thiocarbonyl (C=S) groups is 1. The maximum absolute atomic E-state index is 5.49. The summed E-state index contributed by atoms with van der Waals surface area (Å²) in [6, 6.07) is 6.32. The summed E-state index contributed by atoms with van der Waals surface area (Å²) < 4.78 is 10.7. The van der Waals surface area contributed by atoms with Gasteiger partial charge in [-0.2, -0.15) is 0 Å². The molecule has 0 saturated carbocycles. The van der Waals surface area contributed by atoms with Gasteiger partial charge in [-0.25, -0.2) is 0 Å². The number of fused-ring (bicyclic) bond motifs is 1. The number of rotatable bonds is 6. The lowest BCUT2D eigenvalue weighted by Crippen LogP contribution is -2.33. The molecular weight excluding hydrogens is 258 g/mol. The van der Waals surface area contributed by atoms with E-state index in [0.29, 0.717) is 12.8 Å². The van der Waals surface area contributed by atoms with Crippen LogP contribution in [0.4, 0.5) is 0 Å². The summed E-state index contributed by atoms with van der Waals surface area (Å²) in [4.78, 5) is 0.796. The van der Waals surface area contributed by atoms with Crippen LogP contribution in [-0.2, 0) is 0 Å². The largest absolute Gasteiger partial charge is 0.454 e. The van der Waals surface area contributed by atoms with Crippen LogP contribution in [0.1, 0.15) is 45.1 Å². The van der Waals surface area contributed by atoms with E-state index in [4.69, 9.17) is 21.7 Å². The molecule has 4 heteroatoms. The minimum atomic E-state index is 0.299. The van der Waals surface area contributed by atoms with Crippen molar-refractivity contribution in [2.24, 2.45) is 0 Å². The summed E-state index contributed by atoms with van der Waals surface area (Å²) in [7, 11) is 0. The predicted molar refractivity (Wildman–Crippen MR) is 81.0 cm³/mol. The van der Waals surface area contributed by atoms with Gasteiger partial charge in [0.25, 0.3) is 0 Å². The number of benzene rings is 1. The highest BCUT2D eigenvalue weighted by molar-refractivity contribution is 7.80. The zero-order chi connectivity index (χ0) is 13.7. The monoisotopic (exact) mass is 279 g/mol. The van der Waals surface area contributed by atoms with Gasteiger partial charge in [0.1, 0.15) is 4.99 Å². The molecule has 0 unspecified atom stereocenters. The van der Waals surface area contributed by atoms with Gasteiger partial charge in [0.15, 0.2) is 11.5 Å². The van der Waals surface area contributed by atoms with Crippen molar-refractivity contribution in [1.29, 1.82) is 0 Å². The zero-order valence-electron chi connectivity index (χ0n) is 11.6. The molecule has 3 nitrogen and oxygen atoms in total. The maximum Gasteiger partial charge on any atom is 0.231 e. The van der Waals surface area contributed by atoms with E-state index < -0.39 is 0 Å². The van der Waals surface area contributed by atoms with Crippen molar-refractivity contribution in [3.8, 4) is 11.5 Å². The molecule has 0 saturated heterocycles. The second-order valence-corrected chi connectivity index (χ2v) is 5.22. The Morgan fingerprint density at radius 2 is 1.89 bits per heavy atom. The molecular formula is C15H21NO2S. The van der Waals surface area contributed by atoms with Gasteiger partial charge in [0.05, 0.1) is 0 Å². The van der Waals surface area contributed by atoms with Crippen LogP contribution in [0.5, 0.6) is 11.5 Å². The highest BCUT2D eigenvalue weighted by Gasteiger charge is 2.16. The quantitative estimate of drug-likeness (QED) is 0.805. The van der Waals surface area contributed by atoms with Gasteiger partial charge in [-0.15, -0.1) is 0 Å². The molecule has 1 aliphatic rings. The van der Waals surface area contributed by atoms with E-state index in [1.54, 1.807) is 0 Å². The van der Waals surface area contributed by atoms with Gasteiger partial charge < -0.3 is 14.8 Å². The summed E-state index contributed by atoms with van der Waals surface area (Å²) in [5.74, 6) is 1.58. The van der Waals surface area contributed by atoms with E-state index in [9.17, 15) is 0 Å². The molecule has 0 bridgehead atoms. The molecule has 104 valence electrons. The highest BCUT2D eigenvalue weighted by Crippen LogP contribution is 2.32. The van der Waals surface area contributed by atoms with E-state index in [-0.39, 0.29) is 0 Å². The number of ether oxygens (including phenoxy) is 2. The maximum atomic E-state index is 5.49. The highest BCUT2D eigenvalue weighted by atomic mass is 32.1. The minimum Gasteiger partial charge on any atom is -0.454 e. The van der Waals surface area contributed by atoms with Crippen LogP contribution in [0.15, 0.2) is 18.2 Å². The summed E-state index contributed by atoms with van der Waals surface area (Å²) >= 11 is 5.49. The van der Waals surface area contributed by atoms with Crippen LogP contribution < -0.4 is 14.8 Å². The molecule has 1 N–H and O–H groups in total. The fraction of sp³-hybridized carbons (Fsp3) is 0.533. The summed E-state index contributed by atoms with van der Waals surface area (Å²) in [6.45, 7) is 4.70. The Bertz CT molecular complexity index is 442. The van der Waals surface area contributed by atoms with Gasteiger partial charge >= 0.3 is 0 Å². The van der Waals surface area contributed by atoms with Gasteiger partial charge in [-0.05, 0) is 31.0 Å². The van der Waals surface area contributed by atoms with Crippen molar-refractivity contribution >= 4 is 17.2 Å². The molecule has 1 heterocycles. The van der Waals surface area contributed by atoms with Crippen molar-refractivity contribution in [2.75, 3.05) is 6.79 Å². The molecule has 2 rings (SSSR count). The first-order chi connectivity index (χ1) is 9.24. The van der Waals surface area contributed by atoms with Crippen LogP contribution in [0.2, 0.25) is 0 Å². The van der Waals surface area contributed by atoms with Crippen molar-refractivity contribution in [1.82, 2.24) is 5.32 Å². The molecule has 0 aromatic heterocycles. The topological polar surface area (TPSA) is 30.5 Å². The Hall–Kier alpha value is -1.29. The van der Waals surface area contributed by atoms with E-state index in [0.717, 1.165) is 34.9 Å². The molecule has 0 radical (unpaired) electrons.